The van der Waals surface area contributed by atoms with Gasteiger partial charge in [-0.2, -0.15) is 0 Å². The van der Waals surface area contributed by atoms with E-state index >= 15 is 0 Å². The van der Waals surface area contributed by atoms with Gasteiger partial charge in [0.1, 0.15) is 17.9 Å². The Bertz CT molecular complexity index is 642. The van der Waals surface area contributed by atoms with Crippen molar-refractivity contribution in [1.82, 2.24) is 10.6 Å². The van der Waals surface area contributed by atoms with Crippen LogP contribution in [-0.4, -0.2) is 29.8 Å². The van der Waals surface area contributed by atoms with Crippen LogP contribution in [-0.2, 0) is 20.8 Å². The van der Waals surface area contributed by atoms with E-state index in [1.807, 2.05) is 0 Å². The first-order chi connectivity index (χ1) is 12.4. The zero-order valence-electron chi connectivity index (χ0n) is 15.0. The standard InChI is InChI=1S/C19H26FN3O3/c1-12(24)22-16(11-13-7-9-15(20)10-8-13)19(26)23-17(18(21)25)14-5-3-2-4-6-14/h7-10,14,16-17H,2-6,11H2,1H3,(H2,21,25)(H,22,24)(H,23,26)/t16-,17-/m1/s1. The first-order valence-electron chi connectivity index (χ1n) is 8.98. The van der Waals surface area contributed by atoms with E-state index < -0.39 is 23.9 Å². The molecule has 1 aromatic rings. The van der Waals surface area contributed by atoms with Crippen molar-refractivity contribution in [3.63, 3.8) is 0 Å². The third kappa shape index (κ3) is 5.82. The van der Waals surface area contributed by atoms with Gasteiger partial charge in [-0.1, -0.05) is 31.4 Å². The van der Waals surface area contributed by atoms with E-state index in [2.05, 4.69) is 10.6 Å². The van der Waals surface area contributed by atoms with Gasteiger partial charge < -0.3 is 16.4 Å². The molecule has 1 aromatic carbocycles. The predicted octanol–water partition coefficient (Wildman–Crippen LogP) is 1.42. The Balaban J connectivity index is 2.09. The van der Waals surface area contributed by atoms with E-state index in [-0.39, 0.29) is 24.1 Å². The van der Waals surface area contributed by atoms with Crippen LogP contribution >= 0.6 is 0 Å². The molecule has 0 unspecified atom stereocenters. The largest absolute Gasteiger partial charge is 0.368 e. The lowest BCUT2D eigenvalue weighted by Gasteiger charge is -2.30. The molecule has 1 saturated carbocycles. The topological polar surface area (TPSA) is 101 Å². The molecule has 0 bridgehead atoms. The van der Waals surface area contributed by atoms with Crippen molar-refractivity contribution in [2.24, 2.45) is 11.7 Å². The van der Waals surface area contributed by atoms with Gasteiger partial charge in [-0.25, -0.2) is 4.39 Å². The number of primary amides is 1. The monoisotopic (exact) mass is 363 g/mol. The van der Waals surface area contributed by atoms with Gasteiger partial charge in [0.05, 0.1) is 0 Å². The highest BCUT2D eigenvalue weighted by atomic mass is 19.1. The van der Waals surface area contributed by atoms with Crippen LogP contribution in [0.4, 0.5) is 4.39 Å². The number of carbonyl (C=O) groups is 3. The van der Waals surface area contributed by atoms with Crippen molar-refractivity contribution < 1.29 is 18.8 Å². The molecular weight excluding hydrogens is 337 g/mol. The maximum Gasteiger partial charge on any atom is 0.243 e. The quantitative estimate of drug-likeness (QED) is 0.683. The summed E-state index contributed by atoms with van der Waals surface area (Å²) < 4.78 is 13.1. The molecule has 4 N–H and O–H groups in total. The van der Waals surface area contributed by atoms with Crippen LogP contribution < -0.4 is 16.4 Å². The number of hydrogen-bond acceptors (Lipinski definition) is 3. The molecule has 0 heterocycles. The van der Waals surface area contributed by atoms with Crippen LogP contribution in [0.5, 0.6) is 0 Å². The minimum absolute atomic E-state index is 0.0222. The lowest BCUT2D eigenvalue weighted by molar-refractivity contribution is -0.131. The fourth-order valence-electron chi connectivity index (χ4n) is 3.45. The number of carbonyl (C=O) groups excluding carboxylic acids is 3. The van der Waals surface area contributed by atoms with E-state index in [9.17, 15) is 18.8 Å². The zero-order chi connectivity index (χ0) is 19.1. The Morgan fingerprint density at radius 2 is 1.73 bits per heavy atom. The van der Waals surface area contributed by atoms with Gasteiger partial charge in [-0.05, 0) is 36.5 Å². The van der Waals surface area contributed by atoms with Crippen molar-refractivity contribution in [3.05, 3.63) is 35.6 Å². The molecule has 0 aliphatic heterocycles. The highest BCUT2D eigenvalue weighted by molar-refractivity contribution is 5.91. The molecule has 6 nitrogen and oxygen atoms in total. The second kappa shape index (κ2) is 9.31. The summed E-state index contributed by atoms with van der Waals surface area (Å²) in [5.74, 6) is -1.73. The molecule has 0 aromatic heterocycles. The van der Waals surface area contributed by atoms with Gasteiger partial charge >= 0.3 is 0 Å². The highest BCUT2D eigenvalue weighted by Gasteiger charge is 2.31. The second-order valence-electron chi connectivity index (χ2n) is 6.87. The van der Waals surface area contributed by atoms with E-state index in [0.717, 1.165) is 32.1 Å². The van der Waals surface area contributed by atoms with Crippen LogP contribution in [0, 0.1) is 11.7 Å². The number of hydrogen-bond donors (Lipinski definition) is 3. The highest BCUT2D eigenvalue weighted by Crippen LogP contribution is 2.26. The molecule has 1 fully saturated rings. The minimum atomic E-state index is -0.858. The van der Waals surface area contributed by atoms with Crippen LogP contribution in [0.2, 0.25) is 0 Å². The van der Waals surface area contributed by atoms with Crippen LogP contribution in [0.1, 0.15) is 44.6 Å². The average molecular weight is 363 g/mol. The first-order valence-corrected chi connectivity index (χ1v) is 8.98. The summed E-state index contributed by atoms with van der Waals surface area (Å²) in [6.45, 7) is 1.32. The second-order valence-corrected chi connectivity index (χ2v) is 6.87. The number of halogens is 1. The number of rotatable bonds is 7. The van der Waals surface area contributed by atoms with Gasteiger partial charge in [0.15, 0.2) is 0 Å². The molecule has 7 heteroatoms. The van der Waals surface area contributed by atoms with E-state index in [1.165, 1.54) is 19.1 Å². The molecule has 0 spiro atoms. The molecule has 2 atom stereocenters. The molecule has 1 aliphatic rings. The molecule has 3 amide bonds. The Hall–Kier alpha value is -2.44. The van der Waals surface area contributed by atoms with Crippen molar-refractivity contribution >= 4 is 17.7 Å². The number of nitrogens with one attached hydrogen (secondary N) is 2. The normalized spacial score (nSPS) is 17.2. The third-order valence-corrected chi connectivity index (χ3v) is 4.77. The fraction of sp³-hybridized carbons (Fsp3) is 0.526. The van der Waals surface area contributed by atoms with Gasteiger partial charge in [0.2, 0.25) is 17.7 Å². The fourth-order valence-corrected chi connectivity index (χ4v) is 3.45. The van der Waals surface area contributed by atoms with Gasteiger partial charge in [-0.3, -0.25) is 14.4 Å². The summed E-state index contributed by atoms with van der Waals surface area (Å²) in [6.07, 6.45) is 5.02. The maximum atomic E-state index is 13.1. The molecule has 26 heavy (non-hydrogen) atoms. The molecule has 1 aliphatic carbocycles. The van der Waals surface area contributed by atoms with Gasteiger partial charge in [0, 0.05) is 13.3 Å². The van der Waals surface area contributed by atoms with Crippen molar-refractivity contribution in [1.29, 1.82) is 0 Å². The van der Waals surface area contributed by atoms with E-state index in [1.54, 1.807) is 12.1 Å². The van der Waals surface area contributed by atoms with Crippen LogP contribution in [0.25, 0.3) is 0 Å². The summed E-state index contributed by atoms with van der Waals surface area (Å²) in [5.41, 5.74) is 6.21. The lowest BCUT2D eigenvalue weighted by atomic mass is 9.83. The van der Waals surface area contributed by atoms with Crippen LogP contribution in [0.3, 0.4) is 0 Å². The number of amides is 3. The van der Waals surface area contributed by atoms with Gasteiger partial charge in [-0.15, -0.1) is 0 Å². The molecule has 142 valence electrons. The summed E-state index contributed by atoms with van der Waals surface area (Å²) in [5, 5.41) is 5.31. The molecule has 2 rings (SSSR count). The van der Waals surface area contributed by atoms with E-state index in [0.29, 0.717) is 5.56 Å². The average Bonchev–Trinajstić information content (AvgIpc) is 2.61. The Kier molecular flexibility index (Phi) is 7.12. The van der Waals surface area contributed by atoms with Crippen molar-refractivity contribution in [2.45, 2.75) is 57.5 Å². The zero-order valence-corrected chi connectivity index (χ0v) is 15.0. The lowest BCUT2D eigenvalue weighted by Crippen LogP contribution is -2.56. The molecule has 0 saturated heterocycles. The van der Waals surface area contributed by atoms with Crippen molar-refractivity contribution in [3.8, 4) is 0 Å². The predicted molar refractivity (Wildman–Crippen MR) is 95.4 cm³/mol. The van der Waals surface area contributed by atoms with Crippen molar-refractivity contribution in [2.75, 3.05) is 0 Å². The summed E-state index contributed by atoms with van der Waals surface area (Å²) in [4.78, 5) is 36.0. The Morgan fingerprint density at radius 1 is 1.12 bits per heavy atom. The number of benzene rings is 1. The summed E-state index contributed by atoms with van der Waals surface area (Å²) >= 11 is 0. The smallest absolute Gasteiger partial charge is 0.243 e. The third-order valence-electron chi connectivity index (χ3n) is 4.77. The Morgan fingerprint density at radius 3 is 2.27 bits per heavy atom. The Labute approximate surface area is 152 Å². The van der Waals surface area contributed by atoms with E-state index in [4.69, 9.17) is 5.73 Å². The summed E-state index contributed by atoms with van der Waals surface area (Å²) in [6, 6.07) is 4.11. The molecular formula is C19H26FN3O3. The maximum absolute atomic E-state index is 13.1. The summed E-state index contributed by atoms with van der Waals surface area (Å²) in [7, 11) is 0. The van der Waals surface area contributed by atoms with Gasteiger partial charge in [0.25, 0.3) is 0 Å². The SMILES string of the molecule is CC(=O)N[C@H](Cc1ccc(F)cc1)C(=O)N[C@@H](C(N)=O)C1CCCCC1. The minimum Gasteiger partial charge on any atom is -0.368 e. The van der Waals surface area contributed by atoms with Crippen LogP contribution in [0.15, 0.2) is 24.3 Å². The molecule has 0 radical (unpaired) electrons. The first kappa shape index (κ1) is 19.9. The number of nitrogens with two attached hydrogens (primary N) is 1.